The Morgan fingerprint density at radius 1 is 1.31 bits per heavy atom. The van der Waals surface area contributed by atoms with Crippen LogP contribution in [-0.2, 0) is 9.84 Å². The van der Waals surface area contributed by atoms with Crippen molar-refractivity contribution in [2.24, 2.45) is 0 Å². The SMILES string of the molecule is Cc1ccc(S(=O)(=O)C2(CO)CC2)c(C)c1. The molecule has 1 aliphatic rings. The van der Waals surface area contributed by atoms with Crippen LogP contribution in [0.1, 0.15) is 24.0 Å². The fourth-order valence-corrected chi connectivity index (χ4v) is 3.99. The van der Waals surface area contributed by atoms with E-state index in [-0.39, 0.29) is 6.61 Å². The van der Waals surface area contributed by atoms with E-state index in [1.807, 2.05) is 13.0 Å². The number of aliphatic hydroxyl groups is 1. The van der Waals surface area contributed by atoms with Gasteiger partial charge in [-0.1, -0.05) is 17.7 Å². The molecule has 0 amide bonds. The van der Waals surface area contributed by atoms with Crippen molar-refractivity contribution in [1.29, 1.82) is 0 Å². The van der Waals surface area contributed by atoms with Gasteiger partial charge in [0.05, 0.1) is 16.2 Å². The van der Waals surface area contributed by atoms with Crippen molar-refractivity contribution in [2.75, 3.05) is 6.61 Å². The molecular weight excluding hydrogens is 224 g/mol. The van der Waals surface area contributed by atoms with Crippen LogP contribution in [0.4, 0.5) is 0 Å². The second-order valence-corrected chi connectivity index (χ2v) is 6.93. The third-order valence-electron chi connectivity index (χ3n) is 3.29. The minimum atomic E-state index is -3.37. The summed E-state index contributed by atoms with van der Waals surface area (Å²) in [6.45, 7) is 3.46. The van der Waals surface area contributed by atoms with Crippen LogP contribution >= 0.6 is 0 Å². The summed E-state index contributed by atoms with van der Waals surface area (Å²) in [5.41, 5.74) is 1.81. The summed E-state index contributed by atoms with van der Waals surface area (Å²) in [5.74, 6) is 0. The fraction of sp³-hybridized carbons (Fsp3) is 0.500. The lowest BCUT2D eigenvalue weighted by Gasteiger charge is -2.15. The highest BCUT2D eigenvalue weighted by atomic mass is 32.2. The monoisotopic (exact) mass is 240 g/mol. The smallest absolute Gasteiger partial charge is 0.186 e. The van der Waals surface area contributed by atoms with Crippen LogP contribution in [0.25, 0.3) is 0 Å². The van der Waals surface area contributed by atoms with Crippen molar-refractivity contribution in [1.82, 2.24) is 0 Å². The summed E-state index contributed by atoms with van der Waals surface area (Å²) in [6, 6.07) is 5.31. The van der Waals surface area contributed by atoms with E-state index in [1.54, 1.807) is 19.1 Å². The molecule has 1 N–H and O–H groups in total. The summed E-state index contributed by atoms with van der Waals surface area (Å²) in [4.78, 5) is 0.365. The normalized spacial score (nSPS) is 18.4. The minimum Gasteiger partial charge on any atom is -0.395 e. The van der Waals surface area contributed by atoms with Gasteiger partial charge in [0, 0.05) is 0 Å². The predicted octanol–water partition coefficient (Wildman–Crippen LogP) is 1.60. The Labute approximate surface area is 96.0 Å². The molecule has 0 radical (unpaired) electrons. The van der Waals surface area contributed by atoms with Crippen molar-refractivity contribution in [3.8, 4) is 0 Å². The van der Waals surface area contributed by atoms with Crippen LogP contribution in [0.5, 0.6) is 0 Å². The zero-order valence-electron chi connectivity index (χ0n) is 9.53. The van der Waals surface area contributed by atoms with E-state index in [2.05, 4.69) is 0 Å². The van der Waals surface area contributed by atoms with Gasteiger partial charge in [0.1, 0.15) is 0 Å². The highest BCUT2D eigenvalue weighted by Crippen LogP contribution is 2.46. The molecule has 88 valence electrons. The molecule has 0 bridgehead atoms. The van der Waals surface area contributed by atoms with E-state index >= 15 is 0 Å². The first kappa shape index (κ1) is 11.6. The van der Waals surface area contributed by atoms with E-state index in [0.717, 1.165) is 11.1 Å². The standard InChI is InChI=1S/C12H16O3S/c1-9-3-4-11(10(2)7-9)16(14,15)12(8-13)5-6-12/h3-4,7,13H,5-6,8H2,1-2H3. The molecule has 1 fully saturated rings. The highest BCUT2D eigenvalue weighted by molar-refractivity contribution is 7.93. The molecule has 0 aliphatic heterocycles. The summed E-state index contributed by atoms with van der Waals surface area (Å²) < 4.78 is 23.7. The van der Waals surface area contributed by atoms with Gasteiger partial charge >= 0.3 is 0 Å². The van der Waals surface area contributed by atoms with Gasteiger partial charge in [-0.25, -0.2) is 8.42 Å². The van der Waals surface area contributed by atoms with Gasteiger partial charge in [-0.2, -0.15) is 0 Å². The topological polar surface area (TPSA) is 54.4 Å². The van der Waals surface area contributed by atoms with Crippen LogP contribution in [0, 0.1) is 13.8 Å². The molecule has 3 nitrogen and oxygen atoms in total. The first-order chi connectivity index (χ1) is 7.43. The Hall–Kier alpha value is -0.870. The maximum atomic E-state index is 12.3. The number of rotatable bonds is 3. The lowest BCUT2D eigenvalue weighted by atomic mass is 10.2. The van der Waals surface area contributed by atoms with Crippen molar-refractivity contribution in [3.63, 3.8) is 0 Å². The van der Waals surface area contributed by atoms with Gasteiger partial charge in [0.25, 0.3) is 0 Å². The first-order valence-corrected chi connectivity index (χ1v) is 6.84. The molecule has 0 heterocycles. The van der Waals surface area contributed by atoms with E-state index < -0.39 is 14.6 Å². The zero-order chi connectivity index (χ0) is 12.0. The lowest BCUT2D eigenvalue weighted by molar-refractivity contribution is 0.283. The molecule has 0 atom stereocenters. The first-order valence-electron chi connectivity index (χ1n) is 5.36. The van der Waals surface area contributed by atoms with Gasteiger partial charge in [-0.15, -0.1) is 0 Å². The maximum absolute atomic E-state index is 12.3. The lowest BCUT2D eigenvalue weighted by Crippen LogP contribution is -2.27. The molecule has 1 aromatic carbocycles. The average Bonchev–Trinajstić information content (AvgIpc) is 2.97. The summed E-state index contributed by atoms with van der Waals surface area (Å²) in [7, 11) is -3.37. The Kier molecular flexibility index (Phi) is 2.59. The number of sulfone groups is 1. The predicted molar refractivity (Wildman–Crippen MR) is 62.2 cm³/mol. The molecule has 0 aromatic heterocycles. The molecule has 16 heavy (non-hydrogen) atoms. The molecule has 0 unspecified atom stereocenters. The zero-order valence-corrected chi connectivity index (χ0v) is 10.3. The Bertz CT molecular complexity index is 513. The molecule has 4 heteroatoms. The van der Waals surface area contributed by atoms with Crippen molar-refractivity contribution >= 4 is 9.84 Å². The van der Waals surface area contributed by atoms with Crippen LogP contribution in [0.15, 0.2) is 23.1 Å². The quantitative estimate of drug-likeness (QED) is 0.873. The maximum Gasteiger partial charge on any atom is 0.186 e. The van der Waals surface area contributed by atoms with Crippen LogP contribution in [0.2, 0.25) is 0 Å². The van der Waals surface area contributed by atoms with Crippen molar-refractivity contribution in [2.45, 2.75) is 36.3 Å². The highest BCUT2D eigenvalue weighted by Gasteiger charge is 2.54. The van der Waals surface area contributed by atoms with Crippen LogP contribution in [0.3, 0.4) is 0 Å². The fourth-order valence-electron chi connectivity index (χ4n) is 1.99. The van der Waals surface area contributed by atoms with Gasteiger partial charge in [0.2, 0.25) is 0 Å². The second kappa shape index (κ2) is 3.57. The van der Waals surface area contributed by atoms with Gasteiger partial charge < -0.3 is 5.11 Å². The Balaban J connectivity index is 2.52. The number of aryl methyl sites for hydroxylation is 2. The second-order valence-electron chi connectivity index (χ2n) is 4.61. The number of hydrogen-bond donors (Lipinski definition) is 1. The molecular formula is C12H16O3S. The van der Waals surface area contributed by atoms with Crippen molar-refractivity contribution in [3.05, 3.63) is 29.3 Å². The molecule has 0 spiro atoms. The molecule has 0 saturated heterocycles. The van der Waals surface area contributed by atoms with E-state index in [4.69, 9.17) is 0 Å². The minimum absolute atomic E-state index is 0.275. The third-order valence-corrected chi connectivity index (χ3v) is 6.00. The van der Waals surface area contributed by atoms with Crippen LogP contribution in [-0.4, -0.2) is 24.9 Å². The van der Waals surface area contributed by atoms with Gasteiger partial charge in [-0.3, -0.25) is 0 Å². The number of hydrogen-bond acceptors (Lipinski definition) is 3. The summed E-state index contributed by atoms with van der Waals surface area (Å²) >= 11 is 0. The van der Waals surface area contributed by atoms with Crippen LogP contribution < -0.4 is 0 Å². The van der Waals surface area contributed by atoms with Gasteiger partial charge in [-0.05, 0) is 38.3 Å². The van der Waals surface area contributed by atoms with E-state index in [0.29, 0.717) is 17.7 Å². The number of aliphatic hydroxyl groups excluding tert-OH is 1. The molecule has 1 saturated carbocycles. The Morgan fingerprint density at radius 2 is 1.94 bits per heavy atom. The van der Waals surface area contributed by atoms with Crippen molar-refractivity contribution < 1.29 is 13.5 Å². The number of benzene rings is 1. The largest absolute Gasteiger partial charge is 0.395 e. The molecule has 1 aromatic rings. The molecule has 1 aliphatic carbocycles. The van der Waals surface area contributed by atoms with E-state index in [1.165, 1.54) is 0 Å². The third kappa shape index (κ3) is 1.57. The summed E-state index contributed by atoms with van der Waals surface area (Å²) in [6.07, 6.45) is 1.14. The average molecular weight is 240 g/mol. The van der Waals surface area contributed by atoms with E-state index in [9.17, 15) is 13.5 Å². The molecule has 2 rings (SSSR count). The van der Waals surface area contributed by atoms with Gasteiger partial charge in [0.15, 0.2) is 9.84 Å². The summed E-state index contributed by atoms with van der Waals surface area (Å²) in [5, 5.41) is 9.22. The Morgan fingerprint density at radius 3 is 2.38 bits per heavy atom.